The topological polar surface area (TPSA) is 78.5 Å². The Kier molecular flexibility index (Phi) is 6.87. The number of rotatable bonds is 7. The van der Waals surface area contributed by atoms with Gasteiger partial charge in [0.2, 0.25) is 0 Å². The second-order valence-corrected chi connectivity index (χ2v) is 9.48. The highest BCUT2D eigenvalue weighted by Crippen LogP contribution is 2.20. The molecule has 8 heteroatoms. The van der Waals surface area contributed by atoms with Gasteiger partial charge in [0.1, 0.15) is 4.21 Å². The molecular weight excluding hydrogens is 382 g/mol. The van der Waals surface area contributed by atoms with Crippen molar-refractivity contribution in [2.24, 2.45) is 0 Å². The maximum atomic E-state index is 12.3. The molecule has 0 spiro atoms. The Labute approximate surface area is 164 Å². The van der Waals surface area contributed by atoms with Crippen molar-refractivity contribution >= 4 is 33.0 Å². The molecule has 1 aliphatic heterocycles. The largest absolute Gasteiger partial charge is 0.351 e. The Morgan fingerprint density at radius 2 is 1.74 bits per heavy atom. The Bertz CT molecular complexity index is 826. The van der Waals surface area contributed by atoms with Gasteiger partial charge in [-0.05, 0) is 61.6 Å². The van der Waals surface area contributed by atoms with Crippen LogP contribution in [-0.4, -0.2) is 45.4 Å². The van der Waals surface area contributed by atoms with Crippen LogP contribution in [0.4, 0.5) is 5.69 Å². The van der Waals surface area contributed by atoms with Crippen molar-refractivity contribution in [3.05, 3.63) is 47.3 Å². The number of nitrogens with zero attached hydrogens (tertiary/aromatic N) is 1. The highest BCUT2D eigenvalue weighted by Gasteiger charge is 2.15. The van der Waals surface area contributed by atoms with E-state index in [2.05, 4.69) is 14.9 Å². The maximum Gasteiger partial charge on any atom is 0.271 e. The molecule has 1 fully saturated rings. The van der Waals surface area contributed by atoms with Crippen LogP contribution < -0.4 is 10.0 Å². The molecule has 0 bridgehead atoms. The lowest BCUT2D eigenvalue weighted by atomic mass is 10.2. The Morgan fingerprint density at radius 3 is 2.37 bits per heavy atom. The van der Waals surface area contributed by atoms with E-state index in [4.69, 9.17) is 0 Å². The van der Waals surface area contributed by atoms with Crippen LogP contribution in [0.2, 0.25) is 0 Å². The van der Waals surface area contributed by atoms with Crippen molar-refractivity contribution in [2.75, 3.05) is 30.9 Å². The minimum atomic E-state index is -3.57. The summed E-state index contributed by atoms with van der Waals surface area (Å²) in [6, 6.07) is 9.72. The van der Waals surface area contributed by atoms with E-state index in [0.717, 1.165) is 31.0 Å². The summed E-state index contributed by atoms with van der Waals surface area (Å²) in [6.45, 7) is 3.69. The SMILES string of the molecule is O=C(NCCN1CCCCCC1)c1ccc(NS(=O)(=O)c2cccs2)cc1. The number of anilines is 1. The van der Waals surface area contributed by atoms with Crippen LogP contribution in [0.5, 0.6) is 0 Å². The summed E-state index contributed by atoms with van der Waals surface area (Å²) >= 11 is 1.16. The minimum absolute atomic E-state index is 0.141. The standard InChI is InChI=1S/C19H25N3O3S2/c23-19(20-11-14-22-12-3-1-2-4-13-22)16-7-9-17(10-8-16)21-27(24,25)18-6-5-15-26-18/h5-10,15,21H,1-4,11-14H2,(H,20,23). The molecule has 2 heterocycles. The zero-order valence-electron chi connectivity index (χ0n) is 15.2. The lowest BCUT2D eigenvalue weighted by Crippen LogP contribution is -2.35. The van der Waals surface area contributed by atoms with E-state index >= 15 is 0 Å². The van der Waals surface area contributed by atoms with Gasteiger partial charge >= 0.3 is 0 Å². The molecule has 0 aliphatic carbocycles. The fourth-order valence-corrected chi connectivity index (χ4v) is 5.15. The first kappa shape index (κ1) is 19.9. The summed E-state index contributed by atoms with van der Waals surface area (Å²) in [5, 5.41) is 4.66. The lowest BCUT2D eigenvalue weighted by Gasteiger charge is -2.19. The van der Waals surface area contributed by atoms with Crippen LogP contribution in [-0.2, 0) is 10.0 Å². The third-order valence-corrected chi connectivity index (χ3v) is 7.35. The molecule has 146 valence electrons. The van der Waals surface area contributed by atoms with Crippen LogP contribution in [0.1, 0.15) is 36.0 Å². The number of likely N-dealkylation sites (tertiary alicyclic amines) is 1. The molecule has 1 aliphatic rings. The summed E-state index contributed by atoms with van der Waals surface area (Å²) in [4.78, 5) is 14.7. The third-order valence-electron chi connectivity index (χ3n) is 4.57. The number of hydrogen-bond donors (Lipinski definition) is 2. The zero-order chi connectivity index (χ0) is 19.1. The Morgan fingerprint density at radius 1 is 1.04 bits per heavy atom. The molecule has 27 heavy (non-hydrogen) atoms. The molecule has 0 unspecified atom stereocenters. The first-order valence-electron chi connectivity index (χ1n) is 9.21. The average molecular weight is 408 g/mol. The fraction of sp³-hybridized carbons (Fsp3) is 0.421. The highest BCUT2D eigenvalue weighted by molar-refractivity contribution is 7.94. The van der Waals surface area contributed by atoms with Gasteiger partial charge in [0.15, 0.2) is 0 Å². The fourth-order valence-electron chi connectivity index (χ4n) is 3.10. The van der Waals surface area contributed by atoms with Gasteiger partial charge in [-0.2, -0.15) is 0 Å². The normalized spacial score (nSPS) is 15.9. The quantitative estimate of drug-likeness (QED) is 0.739. The van der Waals surface area contributed by atoms with Crippen LogP contribution in [0, 0.1) is 0 Å². The minimum Gasteiger partial charge on any atom is -0.351 e. The van der Waals surface area contributed by atoms with E-state index in [0.29, 0.717) is 17.8 Å². The predicted molar refractivity (Wildman–Crippen MR) is 109 cm³/mol. The molecular formula is C19H25N3O3S2. The Hall–Kier alpha value is -1.90. The van der Waals surface area contributed by atoms with E-state index in [1.54, 1.807) is 41.8 Å². The number of sulfonamides is 1. The van der Waals surface area contributed by atoms with E-state index < -0.39 is 10.0 Å². The molecule has 6 nitrogen and oxygen atoms in total. The van der Waals surface area contributed by atoms with Gasteiger partial charge in [-0.25, -0.2) is 8.42 Å². The number of hydrogen-bond acceptors (Lipinski definition) is 5. The predicted octanol–water partition coefficient (Wildman–Crippen LogP) is 3.15. The van der Waals surface area contributed by atoms with Gasteiger partial charge in [0.05, 0.1) is 0 Å². The molecule has 0 atom stereocenters. The van der Waals surface area contributed by atoms with Crippen LogP contribution in [0.3, 0.4) is 0 Å². The van der Waals surface area contributed by atoms with E-state index in [1.807, 2.05) is 0 Å². The van der Waals surface area contributed by atoms with Gasteiger partial charge in [-0.3, -0.25) is 9.52 Å². The maximum absolute atomic E-state index is 12.3. The van der Waals surface area contributed by atoms with Crippen molar-refractivity contribution in [3.8, 4) is 0 Å². The molecule has 1 amide bonds. The number of thiophene rings is 1. The summed E-state index contributed by atoms with van der Waals surface area (Å²) < 4.78 is 27.2. The summed E-state index contributed by atoms with van der Waals surface area (Å²) in [5.74, 6) is -0.141. The lowest BCUT2D eigenvalue weighted by molar-refractivity contribution is 0.0948. The number of amides is 1. The zero-order valence-corrected chi connectivity index (χ0v) is 16.8. The van der Waals surface area contributed by atoms with E-state index in [-0.39, 0.29) is 10.1 Å². The molecule has 1 aromatic heterocycles. The molecule has 1 saturated heterocycles. The molecule has 0 radical (unpaired) electrons. The second-order valence-electron chi connectivity index (χ2n) is 6.63. The number of carbonyl (C=O) groups excluding carboxylic acids is 1. The van der Waals surface area contributed by atoms with Gasteiger partial charge < -0.3 is 10.2 Å². The van der Waals surface area contributed by atoms with Crippen LogP contribution >= 0.6 is 11.3 Å². The van der Waals surface area contributed by atoms with Crippen molar-refractivity contribution in [1.82, 2.24) is 10.2 Å². The summed E-state index contributed by atoms with van der Waals surface area (Å²) in [7, 11) is -3.57. The smallest absolute Gasteiger partial charge is 0.271 e. The Balaban J connectivity index is 1.50. The van der Waals surface area contributed by atoms with Crippen molar-refractivity contribution in [3.63, 3.8) is 0 Å². The van der Waals surface area contributed by atoms with Gasteiger partial charge in [-0.15, -0.1) is 11.3 Å². The van der Waals surface area contributed by atoms with Crippen molar-refractivity contribution in [2.45, 2.75) is 29.9 Å². The van der Waals surface area contributed by atoms with Gasteiger partial charge in [-0.1, -0.05) is 18.9 Å². The van der Waals surface area contributed by atoms with Crippen LogP contribution in [0.15, 0.2) is 46.0 Å². The van der Waals surface area contributed by atoms with Crippen LogP contribution in [0.25, 0.3) is 0 Å². The van der Waals surface area contributed by atoms with Crippen molar-refractivity contribution < 1.29 is 13.2 Å². The highest BCUT2D eigenvalue weighted by atomic mass is 32.2. The third kappa shape index (κ3) is 5.79. The molecule has 2 aromatic rings. The monoisotopic (exact) mass is 407 g/mol. The summed E-state index contributed by atoms with van der Waals surface area (Å²) in [6.07, 6.45) is 5.06. The average Bonchev–Trinajstić information content (AvgIpc) is 3.09. The second kappa shape index (κ2) is 9.34. The van der Waals surface area contributed by atoms with Gasteiger partial charge in [0, 0.05) is 24.3 Å². The van der Waals surface area contributed by atoms with Crippen molar-refractivity contribution in [1.29, 1.82) is 0 Å². The van der Waals surface area contributed by atoms with Gasteiger partial charge in [0.25, 0.3) is 15.9 Å². The molecule has 2 N–H and O–H groups in total. The molecule has 3 rings (SSSR count). The first-order chi connectivity index (χ1) is 13.0. The molecule has 0 saturated carbocycles. The molecule has 1 aromatic carbocycles. The number of carbonyl (C=O) groups is 1. The number of nitrogens with one attached hydrogen (secondary N) is 2. The summed E-state index contributed by atoms with van der Waals surface area (Å²) in [5.41, 5.74) is 0.953. The van der Waals surface area contributed by atoms with E-state index in [1.165, 1.54) is 25.7 Å². The number of benzene rings is 1. The van der Waals surface area contributed by atoms with E-state index in [9.17, 15) is 13.2 Å². The first-order valence-corrected chi connectivity index (χ1v) is 11.6.